The lowest BCUT2D eigenvalue weighted by Crippen LogP contribution is -2.46. The number of amides is 1. The molecule has 0 saturated carbocycles. The van der Waals surface area contributed by atoms with Crippen LogP contribution in [0, 0.1) is 5.92 Å². The number of hydrogen-bond donors (Lipinski definition) is 2. The summed E-state index contributed by atoms with van der Waals surface area (Å²) in [4.78, 5) is 23.4. The number of alkyl halides is 3. The first-order valence-electron chi connectivity index (χ1n) is 8.81. The van der Waals surface area contributed by atoms with Gasteiger partial charge in [0, 0.05) is 6.07 Å². The maximum atomic E-state index is 12.7. The van der Waals surface area contributed by atoms with E-state index in [-0.39, 0.29) is 17.3 Å². The standard InChI is InChI=1S/C17H21F3N2O7S/c1-10(2)15(16(24)29-8-14(23)21-9-17(18,19)20)22-30(25,26)11-3-4-12-13(7-11)28-6-5-27-12/h3-4,7,10,15,22H,5-6,8-9H2,1-2H3,(H,21,23)/t15-/m0/s1. The van der Waals surface area contributed by atoms with Crippen molar-refractivity contribution in [3.05, 3.63) is 18.2 Å². The first-order chi connectivity index (χ1) is 13.9. The van der Waals surface area contributed by atoms with Crippen LogP contribution in [0.2, 0.25) is 0 Å². The highest BCUT2D eigenvalue weighted by Crippen LogP contribution is 2.32. The number of carbonyl (C=O) groups is 2. The fourth-order valence-corrected chi connectivity index (χ4v) is 3.71. The third-order valence-corrected chi connectivity index (χ3v) is 5.30. The fraction of sp³-hybridized carbons (Fsp3) is 0.529. The molecule has 2 N–H and O–H groups in total. The van der Waals surface area contributed by atoms with E-state index in [0.29, 0.717) is 12.4 Å². The lowest BCUT2D eigenvalue weighted by atomic mass is 10.1. The van der Waals surface area contributed by atoms with E-state index in [0.717, 1.165) is 0 Å². The second kappa shape index (κ2) is 9.51. The van der Waals surface area contributed by atoms with E-state index in [1.807, 2.05) is 0 Å². The molecule has 1 atom stereocenters. The van der Waals surface area contributed by atoms with Gasteiger partial charge in [-0.25, -0.2) is 8.42 Å². The predicted octanol–water partition coefficient (Wildman–Crippen LogP) is 0.982. The third-order valence-electron chi connectivity index (χ3n) is 3.86. The van der Waals surface area contributed by atoms with E-state index in [1.54, 1.807) is 5.32 Å². The minimum absolute atomic E-state index is 0.187. The van der Waals surface area contributed by atoms with E-state index in [4.69, 9.17) is 9.47 Å². The summed E-state index contributed by atoms with van der Waals surface area (Å²) in [7, 11) is -4.19. The minimum atomic E-state index is -4.61. The number of rotatable bonds is 8. The smallest absolute Gasteiger partial charge is 0.405 e. The van der Waals surface area contributed by atoms with Crippen molar-refractivity contribution in [1.82, 2.24) is 10.0 Å². The molecule has 0 aromatic heterocycles. The van der Waals surface area contributed by atoms with Gasteiger partial charge in [-0.2, -0.15) is 17.9 Å². The number of benzene rings is 1. The van der Waals surface area contributed by atoms with Gasteiger partial charge < -0.3 is 19.5 Å². The van der Waals surface area contributed by atoms with Crippen molar-refractivity contribution in [1.29, 1.82) is 0 Å². The Bertz CT molecular complexity index is 888. The Labute approximate surface area is 170 Å². The molecule has 30 heavy (non-hydrogen) atoms. The molecule has 1 aliphatic rings. The summed E-state index contributed by atoms with van der Waals surface area (Å²) in [6.07, 6.45) is -4.61. The van der Waals surface area contributed by atoms with Gasteiger partial charge in [0.05, 0.1) is 4.90 Å². The van der Waals surface area contributed by atoms with Gasteiger partial charge in [0.1, 0.15) is 25.8 Å². The predicted molar refractivity (Wildman–Crippen MR) is 96.4 cm³/mol. The van der Waals surface area contributed by atoms with Crippen LogP contribution in [-0.2, 0) is 24.3 Å². The normalized spacial score (nSPS) is 14.9. The number of sulfonamides is 1. The van der Waals surface area contributed by atoms with Crippen LogP contribution in [0.3, 0.4) is 0 Å². The molecule has 1 aromatic rings. The second-order valence-electron chi connectivity index (χ2n) is 6.65. The number of halogens is 3. The van der Waals surface area contributed by atoms with Crippen LogP contribution in [0.4, 0.5) is 13.2 Å². The highest BCUT2D eigenvalue weighted by Gasteiger charge is 2.32. The lowest BCUT2D eigenvalue weighted by molar-refractivity contribution is -0.153. The molecule has 1 aromatic carbocycles. The van der Waals surface area contributed by atoms with Crippen LogP contribution in [0.5, 0.6) is 11.5 Å². The van der Waals surface area contributed by atoms with E-state index in [9.17, 15) is 31.2 Å². The molecular formula is C17H21F3N2O7S. The first-order valence-corrected chi connectivity index (χ1v) is 10.3. The Hall–Kier alpha value is -2.54. The Kier molecular flexibility index (Phi) is 7.53. The molecule has 9 nitrogen and oxygen atoms in total. The number of fused-ring (bicyclic) bond motifs is 1. The summed E-state index contributed by atoms with van der Waals surface area (Å²) in [6.45, 7) is 1.08. The van der Waals surface area contributed by atoms with Crippen molar-refractivity contribution in [3.63, 3.8) is 0 Å². The van der Waals surface area contributed by atoms with Crippen molar-refractivity contribution >= 4 is 21.9 Å². The third kappa shape index (κ3) is 6.76. The van der Waals surface area contributed by atoms with Crippen molar-refractivity contribution in [2.75, 3.05) is 26.4 Å². The molecule has 13 heteroatoms. The molecule has 1 heterocycles. The molecule has 2 rings (SSSR count). The summed E-state index contributed by atoms with van der Waals surface area (Å²) in [5.41, 5.74) is 0. The van der Waals surface area contributed by atoms with E-state index in [2.05, 4.69) is 9.46 Å². The molecule has 0 spiro atoms. The highest BCUT2D eigenvalue weighted by molar-refractivity contribution is 7.89. The largest absolute Gasteiger partial charge is 0.486 e. The zero-order chi connectivity index (χ0) is 22.5. The molecule has 168 valence electrons. The average Bonchev–Trinajstić information content (AvgIpc) is 2.67. The molecule has 1 amide bonds. The second-order valence-corrected chi connectivity index (χ2v) is 8.36. The van der Waals surface area contributed by atoms with Crippen LogP contribution in [0.15, 0.2) is 23.1 Å². The Balaban J connectivity index is 2.03. The van der Waals surface area contributed by atoms with Crippen LogP contribution >= 0.6 is 0 Å². The average molecular weight is 454 g/mol. The van der Waals surface area contributed by atoms with Gasteiger partial charge >= 0.3 is 12.1 Å². The van der Waals surface area contributed by atoms with E-state index >= 15 is 0 Å². The monoisotopic (exact) mass is 454 g/mol. The van der Waals surface area contributed by atoms with Crippen molar-refractivity contribution in [3.8, 4) is 11.5 Å². The van der Waals surface area contributed by atoms with Crippen molar-refractivity contribution < 1.29 is 45.4 Å². The Morgan fingerprint density at radius 3 is 2.40 bits per heavy atom. The topological polar surface area (TPSA) is 120 Å². The zero-order valence-electron chi connectivity index (χ0n) is 16.1. The summed E-state index contributed by atoms with van der Waals surface area (Å²) < 4.78 is 79.1. The maximum Gasteiger partial charge on any atom is 0.405 e. The minimum Gasteiger partial charge on any atom is -0.486 e. The van der Waals surface area contributed by atoms with Crippen LogP contribution in [-0.4, -0.2) is 58.9 Å². The molecule has 0 unspecified atom stereocenters. The molecule has 0 radical (unpaired) electrons. The van der Waals surface area contributed by atoms with Gasteiger partial charge in [-0.3, -0.25) is 9.59 Å². The number of nitrogens with one attached hydrogen (secondary N) is 2. The lowest BCUT2D eigenvalue weighted by Gasteiger charge is -2.22. The fourth-order valence-electron chi connectivity index (χ4n) is 2.36. The van der Waals surface area contributed by atoms with Crippen molar-refractivity contribution in [2.24, 2.45) is 5.92 Å². The van der Waals surface area contributed by atoms with Crippen LogP contribution in [0.1, 0.15) is 13.8 Å². The number of ether oxygens (including phenoxy) is 3. The van der Waals surface area contributed by atoms with Crippen LogP contribution in [0.25, 0.3) is 0 Å². The Morgan fingerprint density at radius 2 is 1.80 bits per heavy atom. The summed E-state index contributed by atoms with van der Waals surface area (Å²) in [5, 5.41) is 1.54. The summed E-state index contributed by atoms with van der Waals surface area (Å²) >= 11 is 0. The van der Waals surface area contributed by atoms with Gasteiger partial charge in [-0.05, 0) is 18.1 Å². The quantitative estimate of drug-likeness (QED) is 0.562. The number of esters is 1. The first kappa shape index (κ1) is 23.7. The van der Waals surface area contributed by atoms with E-state index in [1.165, 1.54) is 32.0 Å². The molecule has 0 bridgehead atoms. The molecule has 0 saturated heterocycles. The van der Waals surface area contributed by atoms with Gasteiger partial charge in [0.25, 0.3) is 5.91 Å². The molecule has 0 aliphatic carbocycles. The zero-order valence-corrected chi connectivity index (χ0v) is 16.9. The van der Waals surface area contributed by atoms with Gasteiger partial charge in [0.15, 0.2) is 18.1 Å². The summed E-state index contributed by atoms with van der Waals surface area (Å²) in [6, 6.07) is 2.54. The Morgan fingerprint density at radius 1 is 1.17 bits per heavy atom. The number of carbonyl (C=O) groups excluding carboxylic acids is 2. The summed E-state index contributed by atoms with van der Waals surface area (Å²) in [5.74, 6) is -2.24. The highest BCUT2D eigenvalue weighted by atomic mass is 32.2. The SMILES string of the molecule is CC(C)[C@H](NS(=O)(=O)c1ccc2c(c1)OCCO2)C(=O)OCC(=O)NCC(F)(F)F. The maximum absolute atomic E-state index is 12.7. The molecule has 0 fully saturated rings. The van der Waals surface area contributed by atoms with Gasteiger partial charge in [-0.1, -0.05) is 13.8 Å². The van der Waals surface area contributed by atoms with E-state index < -0.39 is 53.2 Å². The number of hydrogen-bond acceptors (Lipinski definition) is 7. The molecule has 1 aliphatic heterocycles. The molecular weight excluding hydrogens is 433 g/mol. The van der Waals surface area contributed by atoms with Gasteiger partial charge in [-0.15, -0.1) is 0 Å². The van der Waals surface area contributed by atoms with Crippen LogP contribution < -0.4 is 19.5 Å². The van der Waals surface area contributed by atoms with Gasteiger partial charge in [0.2, 0.25) is 10.0 Å². The van der Waals surface area contributed by atoms with Crippen molar-refractivity contribution in [2.45, 2.75) is 31.0 Å².